The number of methoxy groups -OCH3 is 1. The zero-order valence-electron chi connectivity index (χ0n) is 23.4. The second-order valence-electron chi connectivity index (χ2n) is 11.1. The molecule has 1 saturated heterocycles. The number of amides is 3. The number of rotatable bonds is 5. The highest BCUT2D eigenvalue weighted by molar-refractivity contribution is 5.91. The van der Waals surface area contributed by atoms with Crippen molar-refractivity contribution in [1.29, 1.82) is 0 Å². The molecule has 12 heteroatoms. The fraction of sp³-hybridized carbons (Fsp3) is 0.448. The lowest BCUT2D eigenvalue weighted by molar-refractivity contribution is -0.151. The van der Waals surface area contributed by atoms with E-state index in [1.165, 1.54) is 16.9 Å². The third-order valence-electron chi connectivity index (χ3n) is 7.00. The minimum Gasteiger partial charge on any atom is -0.467 e. The summed E-state index contributed by atoms with van der Waals surface area (Å²) >= 11 is 0. The first-order chi connectivity index (χ1) is 19.5. The van der Waals surface area contributed by atoms with Gasteiger partial charge in [-0.1, -0.05) is 30.3 Å². The quantitative estimate of drug-likeness (QED) is 0.427. The number of fused-ring (bicyclic) bond motifs is 2. The minimum atomic E-state index is -1.15. The Balaban J connectivity index is 1.30. The monoisotopic (exact) mass is 567 g/mol. The molecule has 1 fully saturated rings. The van der Waals surface area contributed by atoms with Gasteiger partial charge in [0.05, 0.1) is 13.7 Å². The highest BCUT2D eigenvalue weighted by Gasteiger charge is 2.45. The van der Waals surface area contributed by atoms with Gasteiger partial charge in [-0.15, -0.1) is 0 Å². The van der Waals surface area contributed by atoms with Crippen molar-refractivity contribution in [2.45, 2.75) is 64.1 Å². The summed E-state index contributed by atoms with van der Waals surface area (Å²) in [5, 5.41) is 2.63. The SMILES string of the molecule is COC(=O)[C@@H]1C[C@@H](OC(=O)N2Cc3cc4c(cc3C2)OCO4)CN1C(=O)[C@@H](NC(=O)OC(C)(C)C)c1ccccc1. The molecular weight excluding hydrogens is 534 g/mol. The highest BCUT2D eigenvalue weighted by Crippen LogP contribution is 2.38. The molecule has 3 amide bonds. The van der Waals surface area contributed by atoms with Gasteiger partial charge in [0.2, 0.25) is 6.79 Å². The predicted octanol–water partition coefficient (Wildman–Crippen LogP) is 3.28. The minimum absolute atomic E-state index is 0.0505. The average Bonchev–Trinajstić information content (AvgIpc) is 3.67. The molecular formula is C29H33N3O9. The number of nitrogens with zero attached hydrogens (tertiary/aromatic N) is 2. The first-order valence-corrected chi connectivity index (χ1v) is 13.3. The number of benzene rings is 2. The van der Waals surface area contributed by atoms with Crippen molar-refractivity contribution in [1.82, 2.24) is 15.1 Å². The second-order valence-corrected chi connectivity index (χ2v) is 11.1. The maximum absolute atomic E-state index is 13.9. The molecule has 0 aliphatic carbocycles. The summed E-state index contributed by atoms with van der Waals surface area (Å²) in [6.45, 7) is 5.91. The lowest BCUT2D eigenvalue weighted by Crippen LogP contribution is -2.48. The van der Waals surface area contributed by atoms with Gasteiger partial charge in [-0.25, -0.2) is 14.4 Å². The number of alkyl carbamates (subject to hydrolysis) is 1. The molecule has 218 valence electrons. The van der Waals surface area contributed by atoms with E-state index in [1.54, 1.807) is 51.1 Å². The van der Waals surface area contributed by atoms with Crippen LogP contribution in [0.5, 0.6) is 11.5 Å². The Labute approximate surface area is 237 Å². The molecule has 0 bridgehead atoms. The van der Waals surface area contributed by atoms with Gasteiger partial charge >= 0.3 is 18.2 Å². The summed E-state index contributed by atoms with van der Waals surface area (Å²) in [5.74, 6) is 0.0683. The van der Waals surface area contributed by atoms with Crippen LogP contribution in [-0.4, -0.2) is 72.1 Å². The summed E-state index contributed by atoms with van der Waals surface area (Å²) in [4.78, 5) is 55.2. The lowest BCUT2D eigenvalue weighted by atomic mass is 10.1. The van der Waals surface area contributed by atoms with Crippen LogP contribution in [0.15, 0.2) is 42.5 Å². The molecule has 0 spiro atoms. The number of carbonyl (C=O) groups excluding carboxylic acids is 4. The van der Waals surface area contributed by atoms with Crippen molar-refractivity contribution >= 4 is 24.1 Å². The van der Waals surface area contributed by atoms with Gasteiger partial charge in [-0.3, -0.25) is 9.69 Å². The predicted molar refractivity (Wildman–Crippen MR) is 143 cm³/mol. The molecule has 2 aromatic carbocycles. The Morgan fingerprint density at radius 2 is 1.63 bits per heavy atom. The highest BCUT2D eigenvalue weighted by atomic mass is 16.7. The maximum atomic E-state index is 13.9. The summed E-state index contributed by atoms with van der Waals surface area (Å²) in [7, 11) is 1.23. The Bertz CT molecular complexity index is 1310. The summed E-state index contributed by atoms with van der Waals surface area (Å²) in [5.41, 5.74) is 1.58. The zero-order chi connectivity index (χ0) is 29.3. The Morgan fingerprint density at radius 3 is 2.22 bits per heavy atom. The van der Waals surface area contributed by atoms with E-state index in [2.05, 4.69) is 5.32 Å². The van der Waals surface area contributed by atoms with Crippen molar-refractivity contribution in [3.8, 4) is 11.5 Å². The zero-order valence-corrected chi connectivity index (χ0v) is 23.4. The van der Waals surface area contributed by atoms with Gasteiger partial charge in [0.15, 0.2) is 11.5 Å². The smallest absolute Gasteiger partial charge is 0.410 e. The topological polar surface area (TPSA) is 133 Å². The van der Waals surface area contributed by atoms with Crippen LogP contribution in [0.25, 0.3) is 0 Å². The first-order valence-electron chi connectivity index (χ1n) is 13.3. The van der Waals surface area contributed by atoms with Crippen molar-refractivity contribution in [2.75, 3.05) is 20.4 Å². The van der Waals surface area contributed by atoms with Gasteiger partial charge in [-0.2, -0.15) is 0 Å². The van der Waals surface area contributed by atoms with E-state index < -0.39 is 47.9 Å². The summed E-state index contributed by atoms with van der Waals surface area (Å²) < 4.78 is 27.0. The number of ether oxygens (including phenoxy) is 5. The van der Waals surface area contributed by atoms with Crippen LogP contribution in [-0.2, 0) is 36.9 Å². The van der Waals surface area contributed by atoms with E-state index in [-0.39, 0.29) is 19.8 Å². The number of hydrogen-bond acceptors (Lipinski definition) is 9. The van der Waals surface area contributed by atoms with Gasteiger partial charge in [0, 0.05) is 19.5 Å². The van der Waals surface area contributed by atoms with Crippen LogP contribution in [0.4, 0.5) is 9.59 Å². The maximum Gasteiger partial charge on any atom is 0.410 e. The summed E-state index contributed by atoms with van der Waals surface area (Å²) in [6, 6.07) is 10.2. The third kappa shape index (κ3) is 6.16. The first kappa shape index (κ1) is 28.1. The van der Waals surface area contributed by atoms with Crippen LogP contribution >= 0.6 is 0 Å². The molecule has 0 radical (unpaired) electrons. The Kier molecular flexibility index (Phi) is 7.65. The molecule has 0 aromatic heterocycles. The average molecular weight is 568 g/mol. The molecule has 41 heavy (non-hydrogen) atoms. The van der Waals surface area contributed by atoms with Crippen molar-refractivity contribution < 1.29 is 42.9 Å². The molecule has 3 aliphatic rings. The van der Waals surface area contributed by atoms with E-state index >= 15 is 0 Å². The van der Waals surface area contributed by atoms with Crippen LogP contribution in [0.1, 0.15) is 49.9 Å². The Hall–Kier alpha value is -4.48. The third-order valence-corrected chi connectivity index (χ3v) is 7.00. The lowest BCUT2D eigenvalue weighted by Gasteiger charge is -2.29. The number of carbonyl (C=O) groups is 4. The van der Waals surface area contributed by atoms with Gasteiger partial charge < -0.3 is 33.9 Å². The number of likely N-dealkylation sites (tertiary alicyclic amines) is 1. The van der Waals surface area contributed by atoms with E-state index in [4.69, 9.17) is 23.7 Å². The molecule has 5 rings (SSSR count). The number of esters is 1. The second kappa shape index (κ2) is 11.2. The van der Waals surface area contributed by atoms with Gasteiger partial charge in [0.25, 0.3) is 5.91 Å². The van der Waals surface area contributed by atoms with E-state index in [0.29, 0.717) is 30.2 Å². The molecule has 0 saturated carbocycles. The number of nitrogens with one attached hydrogen (secondary N) is 1. The van der Waals surface area contributed by atoms with Crippen molar-refractivity contribution in [2.24, 2.45) is 0 Å². The van der Waals surface area contributed by atoms with Crippen LogP contribution in [0.3, 0.4) is 0 Å². The van der Waals surface area contributed by atoms with E-state index in [0.717, 1.165) is 11.1 Å². The van der Waals surface area contributed by atoms with E-state index in [9.17, 15) is 19.2 Å². The Morgan fingerprint density at radius 1 is 1.00 bits per heavy atom. The number of hydrogen-bond donors (Lipinski definition) is 1. The molecule has 12 nitrogen and oxygen atoms in total. The van der Waals surface area contributed by atoms with Crippen LogP contribution in [0.2, 0.25) is 0 Å². The molecule has 3 atom stereocenters. The fourth-order valence-corrected chi connectivity index (χ4v) is 5.14. The van der Waals surface area contributed by atoms with E-state index in [1.807, 2.05) is 12.1 Å². The van der Waals surface area contributed by atoms with Gasteiger partial charge in [0.1, 0.15) is 23.8 Å². The molecule has 1 N–H and O–H groups in total. The van der Waals surface area contributed by atoms with Crippen molar-refractivity contribution in [3.63, 3.8) is 0 Å². The molecule has 3 heterocycles. The molecule has 3 aliphatic heterocycles. The summed E-state index contributed by atoms with van der Waals surface area (Å²) in [6.07, 6.45) is -2.08. The van der Waals surface area contributed by atoms with Gasteiger partial charge in [-0.05, 0) is 49.6 Å². The van der Waals surface area contributed by atoms with Crippen LogP contribution < -0.4 is 14.8 Å². The fourth-order valence-electron chi connectivity index (χ4n) is 5.14. The van der Waals surface area contributed by atoms with Crippen LogP contribution in [0, 0.1) is 0 Å². The largest absolute Gasteiger partial charge is 0.467 e. The standard InChI is InChI=1S/C29H33N3O9/c1-29(2,3)41-27(35)30-24(17-8-6-5-7-9-17)25(33)32-15-20(12-21(32)26(34)37-4)40-28(36)31-13-18-10-22-23(39-16-38-22)11-19(18)14-31/h5-11,20-21,24H,12-16H2,1-4H3,(H,30,35)/t20-,21+,24+/m1/s1. The normalized spacial score (nSPS) is 19.8. The molecule has 2 aromatic rings. The molecule has 0 unspecified atom stereocenters. The van der Waals surface area contributed by atoms with Crippen molar-refractivity contribution in [3.05, 3.63) is 59.2 Å².